The Balaban J connectivity index is 2.00. The van der Waals surface area contributed by atoms with E-state index in [1.54, 1.807) is 7.11 Å². The van der Waals surface area contributed by atoms with Gasteiger partial charge < -0.3 is 14.4 Å². The lowest BCUT2D eigenvalue weighted by atomic mass is 10.2. The molecule has 4 heteroatoms. The molecule has 0 aromatic carbocycles. The van der Waals surface area contributed by atoms with Crippen LogP contribution in [0.2, 0.25) is 0 Å². The summed E-state index contributed by atoms with van der Waals surface area (Å²) < 4.78 is 10.8. The van der Waals surface area contributed by atoms with Crippen LogP contribution in [0.15, 0.2) is 18.3 Å². The highest BCUT2D eigenvalue weighted by Crippen LogP contribution is 2.17. The second-order valence-corrected chi connectivity index (χ2v) is 4.26. The summed E-state index contributed by atoms with van der Waals surface area (Å²) >= 11 is 0. The maximum atomic E-state index is 5.63. The summed E-state index contributed by atoms with van der Waals surface area (Å²) in [4.78, 5) is 6.73. The molecule has 1 atom stereocenters. The van der Waals surface area contributed by atoms with Crippen LogP contribution in [-0.2, 0) is 15.9 Å². The van der Waals surface area contributed by atoms with Gasteiger partial charge in [-0.25, -0.2) is 0 Å². The van der Waals surface area contributed by atoms with Crippen LogP contribution in [-0.4, -0.2) is 44.5 Å². The number of hydrogen-bond acceptors (Lipinski definition) is 4. The van der Waals surface area contributed by atoms with Crippen LogP contribution in [0, 0.1) is 0 Å². The second kappa shape index (κ2) is 5.98. The molecule has 17 heavy (non-hydrogen) atoms. The molecule has 2 rings (SSSR count). The molecule has 1 fully saturated rings. The number of aryl methyl sites for hydroxylation is 1. The van der Waals surface area contributed by atoms with E-state index >= 15 is 0 Å². The molecule has 1 unspecified atom stereocenters. The first kappa shape index (κ1) is 12.3. The van der Waals surface area contributed by atoms with Crippen molar-refractivity contribution in [3.63, 3.8) is 0 Å². The molecule has 1 aliphatic heterocycles. The smallest absolute Gasteiger partial charge is 0.0983 e. The highest BCUT2D eigenvalue weighted by Gasteiger charge is 2.20. The molecule has 0 amide bonds. The van der Waals surface area contributed by atoms with Gasteiger partial charge in [-0.2, -0.15) is 0 Å². The van der Waals surface area contributed by atoms with Crippen molar-refractivity contribution in [3.8, 4) is 0 Å². The maximum Gasteiger partial charge on any atom is 0.0983 e. The third-order valence-corrected chi connectivity index (χ3v) is 3.03. The van der Waals surface area contributed by atoms with Crippen molar-refractivity contribution in [3.05, 3.63) is 24.0 Å². The normalized spacial score (nSPS) is 20.6. The van der Waals surface area contributed by atoms with Crippen LogP contribution in [0.4, 0.5) is 5.69 Å². The summed E-state index contributed by atoms with van der Waals surface area (Å²) in [5.41, 5.74) is 2.31. The van der Waals surface area contributed by atoms with Gasteiger partial charge in [-0.1, -0.05) is 6.92 Å². The minimum atomic E-state index is 0.166. The summed E-state index contributed by atoms with van der Waals surface area (Å²) in [6.07, 6.45) is 3.10. The molecule has 94 valence electrons. The number of hydrogen-bond donors (Lipinski definition) is 0. The number of aromatic nitrogens is 1. The van der Waals surface area contributed by atoms with Gasteiger partial charge in [-0.05, 0) is 18.6 Å². The van der Waals surface area contributed by atoms with Gasteiger partial charge >= 0.3 is 0 Å². The van der Waals surface area contributed by atoms with E-state index in [1.807, 2.05) is 6.20 Å². The van der Waals surface area contributed by atoms with E-state index in [-0.39, 0.29) is 6.10 Å². The standard InChI is InChI=1S/C13H20N2O2/c1-3-11-4-5-12(8-14-11)15-6-7-17-13(9-15)10-16-2/h4-5,8,13H,3,6-7,9-10H2,1-2H3. The molecule has 1 aliphatic rings. The van der Waals surface area contributed by atoms with Gasteiger partial charge in [-0.3, -0.25) is 4.98 Å². The third kappa shape index (κ3) is 3.17. The fourth-order valence-electron chi connectivity index (χ4n) is 2.05. The fraction of sp³-hybridized carbons (Fsp3) is 0.615. The summed E-state index contributed by atoms with van der Waals surface area (Å²) in [6, 6.07) is 4.23. The lowest BCUT2D eigenvalue weighted by Crippen LogP contribution is -2.44. The van der Waals surface area contributed by atoms with Crippen LogP contribution < -0.4 is 4.90 Å². The van der Waals surface area contributed by atoms with E-state index < -0.39 is 0 Å². The third-order valence-electron chi connectivity index (χ3n) is 3.03. The Bertz CT molecular complexity index is 338. The molecular weight excluding hydrogens is 216 g/mol. The molecule has 1 aromatic heterocycles. The predicted octanol–water partition coefficient (Wildman–Crippen LogP) is 1.50. The summed E-state index contributed by atoms with van der Waals surface area (Å²) in [6.45, 7) is 5.32. The molecule has 1 saturated heterocycles. The van der Waals surface area contributed by atoms with Gasteiger partial charge in [0.25, 0.3) is 0 Å². The first-order valence-corrected chi connectivity index (χ1v) is 6.14. The van der Waals surface area contributed by atoms with Crippen LogP contribution in [0.3, 0.4) is 0 Å². The number of methoxy groups -OCH3 is 1. The van der Waals surface area contributed by atoms with Crippen molar-refractivity contribution >= 4 is 5.69 Å². The second-order valence-electron chi connectivity index (χ2n) is 4.26. The van der Waals surface area contributed by atoms with E-state index in [9.17, 15) is 0 Å². The average Bonchev–Trinajstić information content (AvgIpc) is 2.40. The lowest BCUT2D eigenvalue weighted by Gasteiger charge is -2.34. The number of nitrogens with zero attached hydrogens (tertiary/aromatic N) is 2. The number of ether oxygens (including phenoxy) is 2. The van der Waals surface area contributed by atoms with E-state index in [2.05, 4.69) is 28.9 Å². The Kier molecular flexibility index (Phi) is 4.34. The molecular formula is C13H20N2O2. The van der Waals surface area contributed by atoms with Gasteiger partial charge in [-0.15, -0.1) is 0 Å². The van der Waals surface area contributed by atoms with Crippen LogP contribution in [0.5, 0.6) is 0 Å². The number of morpholine rings is 1. The Morgan fingerprint density at radius 3 is 3.06 bits per heavy atom. The Morgan fingerprint density at radius 2 is 2.41 bits per heavy atom. The summed E-state index contributed by atoms with van der Waals surface area (Å²) in [7, 11) is 1.71. The minimum absolute atomic E-state index is 0.166. The zero-order chi connectivity index (χ0) is 12.1. The van der Waals surface area contributed by atoms with E-state index in [0.717, 1.165) is 31.8 Å². The van der Waals surface area contributed by atoms with Crippen LogP contribution >= 0.6 is 0 Å². The van der Waals surface area contributed by atoms with E-state index in [1.165, 1.54) is 5.69 Å². The van der Waals surface area contributed by atoms with Gasteiger partial charge in [0.1, 0.15) is 0 Å². The summed E-state index contributed by atoms with van der Waals surface area (Å²) in [5.74, 6) is 0. The van der Waals surface area contributed by atoms with Gasteiger partial charge in [0.15, 0.2) is 0 Å². The molecule has 2 heterocycles. The predicted molar refractivity (Wildman–Crippen MR) is 67.4 cm³/mol. The van der Waals surface area contributed by atoms with Crippen molar-refractivity contribution < 1.29 is 9.47 Å². The molecule has 0 bridgehead atoms. The van der Waals surface area contributed by atoms with Gasteiger partial charge in [0.05, 0.1) is 31.2 Å². The molecule has 0 saturated carbocycles. The number of rotatable bonds is 4. The highest BCUT2D eigenvalue weighted by molar-refractivity contribution is 5.45. The quantitative estimate of drug-likeness (QED) is 0.793. The summed E-state index contributed by atoms with van der Waals surface area (Å²) in [5, 5.41) is 0. The molecule has 1 aromatic rings. The highest BCUT2D eigenvalue weighted by atomic mass is 16.5. The van der Waals surface area contributed by atoms with Crippen molar-refractivity contribution in [2.75, 3.05) is 38.3 Å². The SMILES string of the molecule is CCc1ccc(N2CCOC(COC)C2)cn1. The van der Waals surface area contributed by atoms with Crippen molar-refractivity contribution in [2.24, 2.45) is 0 Å². The van der Waals surface area contributed by atoms with Crippen molar-refractivity contribution in [1.82, 2.24) is 4.98 Å². The molecule has 0 aliphatic carbocycles. The zero-order valence-electron chi connectivity index (χ0n) is 10.6. The van der Waals surface area contributed by atoms with Crippen LogP contribution in [0.1, 0.15) is 12.6 Å². The fourth-order valence-corrected chi connectivity index (χ4v) is 2.05. The maximum absolute atomic E-state index is 5.63. The Morgan fingerprint density at radius 1 is 1.53 bits per heavy atom. The monoisotopic (exact) mass is 236 g/mol. The van der Waals surface area contributed by atoms with E-state index in [0.29, 0.717) is 6.61 Å². The molecule has 0 spiro atoms. The van der Waals surface area contributed by atoms with Crippen LogP contribution in [0.25, 0.3) is 0 Å². The van der Waals surface area contributed by atoms with E-state index in [4.69, 9.17) is 9.47 Å². The number of pyridine rings is 1. The average molecular weight is 236 g/mol. The minimum Gasteiger partial charge on any atom is -0.382 e. The molecule has 0 N–H and O–H groups in total. The topological polar surface area (TPSA) is 34.6 Å². The van der Waals surface area contributed by atoms with Gasteiger partial charge in [0, 0.05) is 25.9 Å². The molecule has 0 radical (unpaired) electrons. The molecule has 4 nitrogen and oxygen atoms in total. The first-order chi connectivity index (χ1) is 8.33. The van der Waals surface area contributed by atoms with Crippen molar-refractivity contribution in [1.29, 1.82) is 0 Å². The Labute approximate surface area is 103 Å². The lowest BCUT2D eigenvalue weighted by molar-refractivity contribution is -0.0100. The zero-order valence-corrected chi connectivity index (χ0v) is 10.6. The number of anilines is 1. The van der Waals surface area contributed by atoms with Gasteiger partial charge in [0.2, 0.25) is 0 Å². The first-order valence-electron chi connectivity index (χ1n) is 6.14. The Hall–Kier alpha value is -1.13. The van der Waals surface area contributed by atoms with Crippen molar-refractivity contribution in [2.45, 2.75) is 19.4 Å². The largest absolute Gasteiger partial charge is 0.382 e.